The molecule has 9 rings (SSSR count). The minimum Gasteiger partial charge on any atom is -0.398 e. The first kappa shape index (κ1) is 34.4. The predicted molar refractivity (Wildman–Crippen MR) is 233 cm³/mol. The van der Waals surface area contributed by atoms with Gasteiger partial charge in [-0.2, -0.15) is 0 Å². The number of aromatic nitrogens is 1. The molecule has 2 N–H and O–H groups in total. The second-order valence-corrected chi connectivity index (χ2v) is 15.8. The molecule has 2 unspecified atom stereocenters. The molecule has 4 nitrogen and oxygen atoms in total. The van der Waals surface area contributed by atoms with Gasteiger partial charge in [0.25, 0.3) is 0 Å². The van der Waals surface area contributed by atoms with Crippen LogP contribution in [0.15, 0.2) is 181 Å². The van der Waals surface area contributed by atoms with E-state index in [4.69, 9.17) is 10.7 Å². The first-order chi connectivity index (χ1) is 26.8. The van der Waals surface area contributed by atoms with E-state index in [-0.39, 0.29) is 17.5 Å². The van der Waals surface area contributed by atoms with Crippen LogP contribution in [0.3, 0.4) is 0 Å². The maximum atomic E-state index is 6.69. The highest BCUT2D eigenvalue weighted by molar-refractivity contribution is 6.16. The smallest absolute Gasteiger partial charge is 0.123 e. The van der Waals surface area contributed by atoms with Crippen LogP contribution in [-0.2, 0) is 5.41 Å². The van der Waals surface area contributed by atoms with Crippen molar-refractivity contribution in [3.63, 3.8) is 0 Å². The highest BCUT2D eigenvalue weighted by atomic mass is 15.3. The molecule has 0 saturated carbocycles. The van der Waals surface area contributed by atoms with Gasteiger partial charge in [0.2, 0.25) is 0 Å². The summed E-state index contributed by atoms with van der Waals surface area (Å²) >= 11 is 0. The lowest BCUT2D eigenvalue weighted by atomic mass is 9.87. The van der Waals surface area contributed by atoms with Crippen molar-refractivity contribution in [2.75, 3.05) is 4.90 Å². The summed E-state index contributed by atoms with van der Waals surface area (Å²) < 4.78 is 2.42. The van der Waals surface area contributed by atoms with Crippen LogP contribution in [0, 0.1) is 0 Å². The van der Waals surface area contributed by atoms with Gasteiger partial charge >= 0.3 is 0 Å². The number of hydrogen-bond acceptors (Lipinski definition) is 3. The van der Waals surface area contributed by atoms with E-state index in [9.17, 15) is 0 Å². The van der Waals surface area contributed by atoms with Gasteiger partial charge in [0.05, 0.1) is 16.7 Å². The Labute approximate surface area is 324 Å². The molecule has 0 fully saturated rings. The lowest BCUT2D eigenvalue weighted by Gasteiger charge is -2.28. The highest BCUT2D eigenvalue weighted by Crippen LogP contribution is 2.50. The van der Waals surface area contributed by atoms with E-state index < -0.39 is 0 Å². The number of para-hydroxylation sites is 1. The second kappa shape index (κ2) is 13.8. The van der Waals surface area contributed by atoms with Crippen molar-refractivity contribution >= 4 is 38.9 Å². The van der Waals surface area contributed by atoms with E-state index in [1.165, 1.54) is 61.1 Å². The van der Waals surface area contributed by atoms with Gasteiger partial charge in [-0.05, 0) is 101 Å². The van der Waals surface area contributed by atoms with Crippen LogP contribution >= 0.6 is 0 Å². The molecule has 0 radical (unpaired) electrons. The van der Waals surface area contributed by atoms with Crippen LogP contribution in [0.1, 0.15) is 62.3 Å². The van der Waals surface area contributed by atoms with Crippen molar-refractivity contribution in [2.45, 2.75) is 51.6 Å². The number of anilines is 1. The summed E-state index contributed by atoms with van der Waals surface area (Å²) in [4.78, 5) is 7.84. The number of nitrogens with two attached hydrogens (primary N) is 1. The molecule has 0 saturated heterocycles. The summed E-state index contributed by atoms with van der Waals surface area (Å²) in [6, 6.07) is 52.2. The maximum absolute atomic E-state index is 6.69. The molecule has 4 heteroatoms. The molecule has 2 heterocycles. The molecule has 1 aromatic heterocycles. The Hall–Kier alpha value is -6.39. The average Bonchev–Trinajstić information content (AvgIpc) is 3.74. The topological polar surface area (TPSA) is 46.5 Å². The van der Waals surface area contributed by atoms with E-state index in [2.05, 4.69) is 165 Å². The van der Waals surface area contributed by atoms with E-state index in [1.807, 2.05) is 42.5 Å². The van der Waals surface area contributed by atoms with Gasteiger partial charge in [0, 0.05) is 39.5 Å². The van der Waals surface area contributed by atoms with Crippen LogP contribution in [-0.4, -0.2) is 16.4 Å². The van der Waals surface area contributed by atoms with Crippen molar-refractivity contribution in [3.05, 3.63) is 198 Å². The lowest BCUT2D eigenvalue weighted by molar-refractivity contribution is 0.590. The standard InChI is InChI=1S/C51H46N4/c1-34(53-45(36-18-9-6-10-19-36)33-44(52)35-16-7-5-8-17-35)54-46-23-13-11-20-41(46)43-32-37(26-31-48(43)54)40-22-15-25-49-50(40)42-21-12-14-24-47(42)55(49)39-29-27-38(28-30-39)51(2,3)4/h5-19,21-34,41H,20,52H2,1-4H3/b44-33-,53-45+. The zero-order valence-electron chi connectivity index (χ0n) is 31.9. The number of benzene rings is 6. The SMILES string of the molecule is CC(/N=C(\C=C(/N)c1ccccc1)c1ccccc1)N1C2=CC=CCC2c2cc(-c3cccc4c3c3ccccc3n4-c3ccc(C(C)(C)C)cc3)ccc21. The van der Waals surface area contributed by atoms with Crippen molar-refractivity contribution in [1.82, 2.24) is 4.57 Å². The van der Waals surface area contributed by atoms with E-state index >= 15 is 0 Å². The zero-order valence-corrected chi connectivity index (χ0v) is 31.9. The molecule has 55 heavy (non-hydrogen) atoms. The monoisotopic (exact) mass is 714 g/mol. The van der Waals surface area contributed by atoms with Crippen LogP contribution in [0.2, 0.25) is 0 Å². The molecule has 0 bridgehead atoms. The summed E-state index contributed by atoms with van der Waals surface area (Å²) in [6.07, 6.45) is 9.56. The van der Waals surface area contributed by atoms with Crippen LogP contribution in [0.4, 0.5) is 5.69 Å². The van der Waals surface area contributed by atoms with Crippen LogP contribution in [0.5, 0.6) is 0 Å². The normalized spacial score (nSPS) is 16.3. The molecular weight excluding hydrogens is 669 g/mol. The Balaban J connectivity index is 1.15. The number of allylic oxidation sites excluding steroid dienone is 5. The average molecular weight is 715 g/mol. The fraction of sp³-hybridized carbons (Fsp3) is 0.157. The Morgan fingerprint density at radius 1 is 0.764 bits per heavy atom. The third-order valence-electron chi connectivity index (χ3n) is 11.2. The molecule has 2 aliphatic rings. The summed E-state index contributed by atoms with van der Waals surface area (Å²) in [5.74, 6) is 0.254. The molecule has 1 aliphatic heterocycles. The minimum atomic E-state index is -0.173. The van der Waals surface area contributed by atoms with Gasteiger partial charge in [-0.3, -0.25) is 4.99 Å². The number of hydrogen-bond donors (Lipinski definition) is 1. The minimum absolute atomic E-state index is 0.0978. The fourth-order valence-electron chi connectivity index (χ4n) is 8.50. The zero-order chi connectivity index (χ0) is 37.7. The Morgan fingerprint density at radius 3 is 2.20 bits per heavy atom. The molecule has 0 amide bonds. The molecule has 1 aliphatic carbocycles. The Kier molecular flexibility index (Phi) is 8.62. The largest absolute Gasteiger partial charge is 0.398 e. The molecule has 270 valence electrons. The van der Waals surface area contributed by atoms with Gasteiger partial charge in [0.1, 0.15) is 6.17 Å². The second-order valence-electron chi connectivity index (χ2n) is 15.8. The molecule has 2 atom stereocenters. The quantitative estimate of drug-likeness (QED) is 0.167. The van der Waals surface area contributed by atoms with E-state index in [0.29, 0.717) is 5.70 Å². The molecule has 6 aromatic carbocycles. The third-order valence-corrected chi connectivity index (χ3v) is 11.2. The van der Waals surface area contributed by atoms with Crippen molar-refractivity contribution in [3.8, 4) is 16.8 Å². The molecule has 7 aromatic rings. The van der Waals surface area contributed by atoms with Gasteiger partial charge in [-0.25, -0.2) is 0 Å². The molecule has 0 spiro atoms. The predicted octanol–water partition coefficient (Wildman–Crippen LogP) is 12.3. The summed E-state index contributed by atoms with van der Waals surface area (Å²) in [6.45, 7) is 9.00. The fourth-order valence-corrected chi connectivity index (χ4v) is 8.50. The van der Waals surface area contributed by atoms with Crippen molar-refractivity contribution < 1.29 is 0 Å². The third kappa shape index (κ3) is 6.18. The van der Waals surface area contributed by atoms with Gasteiger partial charge in [0.15, 0.2) is 0 Å². The highest BCUT2D eigenvalue weighted by Gasteiger charge is 2.37. The van der Waals surface area contributed by atoms with E-state index in [1.54, 1.807) is 0 Å². The summed E-state index contributed by atoms with van der Waals surface area (Å²) in [5, 5.41) is 2.54. The Bertz CT molecular complexity index is 2670. The van der Waals surface area contributed by atoms with Crippen LogP contribution < -0.4 is 10.6 Å². The molecular formula is C51H46N4. The number of rotatable bonds is 7. The number of aliphatic imine (C=N–C) groups is 1. The van der Waals surface area contributed by atoms with Crippen LogP contribution in [0.25, 0.3) is 44.3 Å². The van der Waals surface area contributed by atoms with Gasteiger partial charge < -0.3 is 15.2 Å². The van der Waals surface area contributed by atoms with E-state index in [0.717, 1.165) is 23.3 Å². The first-order valence-electron chi connectivity index (χ1n) is 19.4. The maximum Gasteiger partial charge on any atom is 0.123 e. The van der Waals surface area contributed by atoms with Gasteiger partial charge in [-0.1, -0.05) is 142 Å². The lowest BCUT2D eigenvalue weighted by Crippen LogP contribution is -2.30. The van der Waals surface area contributed by atoms with Crippen molar-refractivity contribution in [2.24, 2.45) is 10.7 Å². The number of nitrogens with zero attached hydrogens (tertiary/aromatic N) is 3. The van der Waals surface area contributed by atoms with Crippen molar-refractivity contribution in [1.29, 1.82) is 0 Å². The Morgan fingerprint density at radius 2 is 1.45 bits per heavy atom. The number of fused-ring (bicyclic) bond motifs is 6. The first-order valence-corrected chi connectivity index (χ1v) is 19.4. The van der Waals surface area contributed by atoms with Gasteiger partial charge in [-0.15, -0.1) is 0 Å². The summed E-state index contributed by atoms with van der Waals surface area (Å²) in [7, 11) is 0. The summed E-state index contributed by atoms with van der Waals surface area (Å²) in [5.41, 5.74) is 21.6.